The van der Waals surface area contributed by atoms with E-state index in [0.29, 0.717) is 29.3 Å². The summed E-state index contributed by atoms with van der Waals surface area (Å²) in [6.45, 7) is 0.231. The smallest absolute Gasteiger partial charge is 0.482 e. The summed E-state index contributed by atoms with van der Waals surface area (Å²) in [6, 6.07) is 12.7. The first kappa shape index (κ1) is 23.4. The highest BCUT2D eigenvalue weighted by Gasteiger charge is 2.35. The molecule has 33 heavy (non-hydrogen) atoms. The van der Waals surface area contributed by atoms with Crippen molar-refractivity contribution in [2.45, 2.75) is 50.7 Å². The zero-order valence-corrected chi connectivity index (χ0v) is 19.4. The summed E-state index contributed by atoms with van der Waals surface area (Å²) in [5, 5.41) is 2.12. The fourth-order valence-corrected chi connectivity index (χ4v) is 4.64. The standard InChI is InChI=1S/C25H28ClNO6/c1-30-23(28)16-31-22-12-11-18(26)15-21(22)24-20-10-6-5-7-17(20)13-14-27(24)33-25(29)32-19-8-3-2-4-9-19/h5-7,10-12,15,19,24H,2-4,8-9,13-14,16H2,1H3. The highest BCUT2D eigenvalue weighted by molar-refractivity contribution is 6.30. The number of rotatable bonds is 6. The average molecular weight is 474 g/mol. The molecule has 0 amide bonds. The quantitative estimate of drug-likeness (QED) is 0.531. The summed E-state index contributed by atoms with van der Waals surface area (Å²) in [7, 11) is 1.30. The van der Waals surface area contributed by atoms with Crippen molar-refractivity contribution in [2.75, 3.05) is 20.3 Å². The van der Waals surface area contributed by atoms with E-state index in [4.69, 9.17) is 30.6 Å². The second-order valence-electron chi connectivity index (χ2n) is 8.26. The molecule has 2 aromatic carbocycles. The van der Waals surface area contributed by atoms with Crippen molar-refractivity contribution in [1.29, 1.82) is 0 Å². The molecule has 0 N–H and O–H groups in total. The second kappa shape index (κ2) is 10.9. The number of methoxy groups -OCH3 is 1. The van der Waals surface area contributed by atoms with Crippen molar-refractivity contribution < 1.29 is 28.6 Å². The van der Waals surface area contributed by atoms with E-state index in [0.717, 1.165) is 36.8 Å². The van der Waals surface area contributed by atoms with Crippen LogP contribution in [0, 0.1) is 0 Å². The van der Waals surface area contributed by atoms with Crippen LogP contribution in [0.4, 0.5) is 4.79 Å². The highest BCUT2D eigenvalue weighted by atomic mass is 35.5. The summed E-state index contributed by atoms with van der Waals surface area (Å²) < 4.78 is 16.0. The predicted octanol–water partition coefficient (Wildman–Crippen LogP) is 5.24. The van der Waals surface area contributed by atoms with Crippen LogP contribution in [0.2, 0.25) is 5.02 Å². The summed E-state index contributed by atoms with van der Waals surface area (Å²) in [5.74, 6) is -0.0372. The SMILES string of the molecule is COC(=O)COc1ccc(Cl)cc1C1c2ccccc2CCN1OC(=O)OC1CCCCC1. The zero-order valence-electron chi connectivity index (χ0n) is 18.6. The molecule has 8 heteroatoms. The first-order chi connectivity index (χ1) is 16.0. The van der Waals surface area contributed by atoms with E-state index < -0.39 is 18.2 Å². The molecule has 1 aliphatic heterocycles. The van der Waals surface area contributed by atoms with Crippen LogP contribution in [0.3, 0.4) is 0 Å². The van der Waals surface area contributed by atoms with Crippen molar-refractivity contribution in [2.24, 2.45) is 0 Å². The Morgan fingerprint density at radius 2 is 1.85 bits per heavy atom. The van der Waals surface area contributed by atoms with E-state index >= 15 is 0 Å². The lowest BCUT2D eigenvalue weighted by atomic mass is 9.89. The van der Waals surface area contributed by atoms with Crippen molar-refractivity contribution >= 4 is 23.7 Å². The maximum Gasteiger partial charge on any atom is 0.528 e. The van der Waals surface area contributed by atoms with Crippen LogP contribution in [0.25, 0.3) is 0 Å². The average Bonchev–Trinajstić information content (AvgIpc) is 2.83. The molecule has 1 fully saturated rings. The maximum atomic E-state index is 12.7. The molecule has 1 atom stereocenters. The van der Waals surface area contributed by atoms with E-state index in [1.54, 1.807) is 23.3 Å². The molecule has 7 nitrogen and oxygen atoms in total. The Kier molecular flexibility index (Phi) is 7.73. The lowest BCUT2D eigenvalue weighted by Gasteiger charge is -2.36. The monoisotopic (exact) mass is 473 g/mol. The van der Waals surface area contributed by atoms with E-state index in [1.165, 1.54) is 13.5 Å². The van der Waals surface area contributed by atoms with Crippen LogP contribution in [0.15, 0.2) is 42.5 Å². The Morgan fingerprint density at radius 1 is 1.06 bits per heavy atom. The van der Waals surface area contributed by atoms with E-state index in [1.807, 2.05) is 18.2 Å². The van der Waals surface area contributed by atoms with Crippen LogP contribution in [-0.4, -0.2) is 43.6 Å². The Labute approximate surface area is 198 Å². The lowest BCUT2D eigenvalue weighted by molar-refractivity contribution is -0.158. The normalized spacial score (nSPS) is 18.8. The number of hydrogen-bond acceptors (Lipinski definition) is 7. The number of esters is 1. The summed E-state index contributed by atoms with van der Waals surface area (Å²) in [5.41, 5.74) is 2.80. The lowest BCUT2D eigenvalue weighted by Crippen LogP contribution is -2.39. The molecule has 0 bridgehead atoms. The topological polar surface area (TPSA) is 74.3 Å². The third-order valence-electron chi connectivity index (χ3n) is 6.09. The number of carbonyl (C=O) groups excluding carboxylic acids is 2. The fraction of sp³-hybridized carbons (Fsp3) is 0.440. The van der Waals surface area contributed by atoms with Crippen molar-refractivity contribution in [3.8, 4) is 5.75 Å². The van der Waals surface area contributed by atoms with Gasteiger partial charge in [-0.15, -0.1) is 5.06 Å². The third-order valence-corrected chi connectivity index (χ3v) is 6.32. The van der Waals surface area contributed by atoms with Gasteiger partial charge >= 0.3 is 12.1 Å². The number of carbonyl (C=O) groups is 2. The van der Waals surface area contributed by atoms with Gasteiger partial charge in [-0.1, -0.05) is 42.3 Å². The molecule has 1 aliphatic carbocycles. The van der Waals surface area contributed by atoms with Gasteiger partial charge in [-0.2, -0.15) is 0 Å². The molecule has 2 aliphatic rings. The Balaban J connectivity index is 1.62. The van der Waals surface area contributed by atoms with Gasteiger partial charge in [0.25, 0.3) is 0 Å². The minimum absolute atomic E-state index is 0.105. The predicted molar refractivity (Wildman–Crippen MR) is 122 cm³/mol. The Morgan fingerprint density at radius 3 is 2.64 bits per heavy atom. The van der Waals surface area contributed by atoms with Crippen LogP contribution in [0.1, 0.15) is 54.8 Å². The summed E-state index contributed by atoms with van der Waals surface area (Å²) in [4.78, 5) is 30.1. The molecular weight excluding hydrogens is 446 g/mol. The molecular formula is C25H28ClNO6. The number of hydroxylamine groups is 2. The van der Waals surface area contributed by atoms with Gasteiger partial charge in [0.1, 0.15) is 11.9 Å². The zero-order chi connectivity index (χ0) is 23.2. The number of fused-ring (bicyclic) bond motifs is 1. The molecule has 0 spiro atoms. The van der Waals surface area contributed by atoms with Gasteiger partial charge in [0.2, 0.25) is 0 Å². The van der Waals surface area contributed by atoms with Gasteiger partial charge < -0.3 is 19.0 Å². The first-order valence-electron chi connectivity index (χ1n) is 11.3. The molecule has 4 rings (SSSR count). The van der Waals surface area contributed by atoms with Gasteiger partial charge in [0.15, 0.2) is 6.61 Å². The van der Waals surface area contributed by atoms with E-state index in [2.05, 4.69) is 6.07 Å². The Hall–Kier alpha value is -2.77. The fourth-order valence-electron chi connectivity index (χ4n) is 4.46. The van der Waals surface area contributed by atoms with Crippen molar-refractivity contribution in [3.05, 3.63) is 64.2 Å². The van der Waals surface area contributed by atoms with Gasteiger partial charge in [0.05, 0.1) is 13.2 Å². The third kappa shape index (κ3) is 5.78. The van der Waals surface area contributed by atoms with Gasteiger partial charge in [-0.05, 0) is 61.4 Å². The van der Waals surface area contributed by atoms with Crippen LogP contribution >= 0.6 is 11.6 Å². The molecule has 1 saturated carbocycles. The maximum absolute atomic E-state index is 12.7. The van der Waals surface area contributed by atoms with Crippen molar-refractivity contribution in [3.63, 3.8) is 0 Å². The molecule has 0 saturated heterocycles. The second-order valence-corrected chi connectivity index (χ2v) is 8.69. The number of ether oxygens (including phenoxy) is 3. The van der Waals surface area contributed by atoms with E-state index in [9.17, 15) is 9.59 Å². The first-order valence-corrected chi connectivity index (χ1v) is 11.6. The van der Waals surface area contributed by atoms with Gasteiger partial charge in [-0.25, -0.2) is 9.59 Å². The Bertz CT molecular complexity index is 991. The van der Waals surface area contributed by atoms with Crippen LogP contribution in [-0.2, 0) is 25.5 Å². The molecule has 1 heterocycles. The molecule has 2 aromatic rings. The van der Waals surface area contributed by atoms with Crippen LogP contribution < -0.4 is 4.74 Å². The summed E-state index contributed by atoms with van der Waals surface area (Å²) >= 11 is 6.34. The number of hydrogen-bond donors (Lipinski definition) is 0. The number of benzene rings is 2. The summed E-state index contributed by atoms with van der Waals surface area (Å²) in [6.07, 6.45) is 4.91. The van der Waals surface area contributed by atoms with Crippen molar-refractivity contribution in [1.82, 2.24) is 5.06 Å². The minimum Gasteiger partial charge on any atom is -0.482 e. The number of halogens is 1. The molecule has 176 valence electrons. The van der Waals surface area contributed by atoms with Gasteiger partial charge in [-0.3, -0.25) is 0 Å². The largest absolute Gasteiger partial charge is 0.528 e. The van der Waals surface area contributed by atoms with Gasteiger partial charge in [0, 0.05) is 17.1 Å². The minimum atomic E-state index is -0.703. The molecule has 0 aromatic heterocycles. The van der Waals surface area contributed by atoms with Crippen LogP contribution in [0.5, 0.6) is 5.75 Å². The molecule has 0 radical (unpaired) electrons. The molecule has 1 unspecified atom stereocenters. The highest BCUT2D eigenvalue weighted by Crippen LogP contribution is 2.40. The number of nitrogens with zero attached hydrogens (tertiary/aromatic N) is 1. The van der Waals surface area contributed by atoms with E-state index in [-0.39, 0.29) is 12.7 Å².